The van der Waals surface area contributed by atoms with Crippen LogP contribution in [0.15, 0.2) is 0 Å². The summed E-state index contributed by atoms with van der Waals surface area (Å²) in [6.45, 7) is -1.71. The van der Waals surface area contributed by atoms with Gasteiger partial charge in [-0.1, -0.05) is 0 Å². The van der Waals surface area contributed by atoms with Crippen LogP contribution in [0.25, 0.3) is 0 Å². The summed E-state index contributed by atoms with van der Waals surface area (Å²) in [6, 6.07) is 0. The molecule has 0 aromatic rings. The van der Waals surface area contributed by atoms with E-state index in [-0.39, 0.29) is 13.2 Å². The molecule has 0 saturated carbocycles. The van der Waals surface area contributed by atoms with Gasteiger partial charge in [0.2, 0.25) is 0 Å². The van der Waals surface area contributed by atoms with Crippen LogP contribution in [0.1, 0.15) is 0 Å². The van der Waals surface area contributed by atoms with Gasteiger partial charge in [-0.15, -0.1) is 0 Å². The van der Waals surface area contributed by atoms with Crippen molar-refractivity contribution in [3.63, 3.8) is 0 Å². The van der Waals surface area contributed by atoms with E-state index in [9.17, 15) is 46.0 Å². The highest BCUT2D eigenvalue weighted by molar-refractivity contribution is 4.92. The molecule has 17 nitrogen and oxygen atoms in total. The lowest BCUT2D eigenvalue weighted by atomic mass is 10.1. The highest BCUT2D eigenvalue weighted by atomic mass is 16.8. The number of aliphatic hydroxyl groups is 10. The van der Waals surface area contributed by atoms with E-state index in [2.05, 4.69) is 0 Å². The first-order valence-electron chi connectivity index (χ1n) is 11.7. The number of ether oxygens (including phenoxy) is 7. The van der Waals surface area contributed by atoms with Crippen molar-refractivity contribution < 1.29 is 84.2 Å². The monoisotopic (exact) mass is 546 g/mol. The molecule has 37 heavy (non-hydrogen) atoms. The van der Waals surface area contributed by atoms with E-state index in [0.717, 1.165) is 0 Å². The van der Waals surface area contributed by atoms with Crippen LogP contribution in [-0.2, 0) is 33.2 Å². The summed E-state index contributed by atoms with van der Waals surface area (Å²) in [5.74, 6) is 0. The van der Waals surface area contributed by atoms with E-state index < -0.39 is 112 Å². The predicted molar refractivity (Wildman–Crippen MR) is 110 cm³/mol. The first-order valence-corrected chi connectivity index (χ1v) is 11.7. The summed E-state index contributed by atoms with van der Waals surface area (Å²) in [4.78, 5) is 0. The molecule has 17 heteroatoms. The molecular weight excluding hydrogens is 512 g/mol. The first-order chi connectivity index (χ1) is 17.5. The smallest absolute Gasteiger partial charge is 0.186 e. The maximum atomic E-state index is 10.2. The molecule has 10 N–H and O–H groups in total. The molecule has 16 atom stereocenters. The summed E-state index contributed by atoms with van der Waals surface area (Å²) in [5.41, 5.74) is 0. The average Bonchev–Trinajstić information content (AvgIpc) is 3.51. The molecule has 4 fully saturated rings. The van der Waals surface area contributed by atoms with Crippen molar-refractivity contribution in [2.24, 2.45) is 0 Å². The molecule has 0 aromatic heterocycles. The zero-order chi connectivity index (χ0) is 27.0. The lowest BCUT2D eigenvalue weighted by Gasteiger charge is -2.21. The van der Waals surface area contributed by atoms with Crippen LogP contribution in [-0.4, -0.2) is 176 Å². The van der Waals surface area contributed by atoms with Crippen molar-refractivity contribution in [2.45, 2.75) is 98.4 Å². The Bertz CT molecular complexity index is 731. The van der Waals surface area contributed by atoms with E-state index in [0.29, 0.717) is 0 Å². The predicted octanol–water partition coefficient (Wildman–Crippen LogP) is -7.19. The Hall–Kier alpha value is -0.680. The number of rotatable bonds is 10. The molecule has 4 rings (SSSR count). The lowest BCUT2D eigenvalue weighted by Crippen LogP contribution is -2.39. The Morgan fingerprint density at radius 2 is 0.730 bits per heavy atom. The van der Waals surface area contributed by atoms with Crippen LogP contribution in [0.3, 0.4) is 0 Å². The summed E-state index contributed by atoms with van der Waals surface area (Å²) < 4.78 is 37.0. The van der Waals surface area contributed by atoms with E-state index >= 15 is 0 Å². The molecule has 0 aliphatic carbocycles. The fraction of sp³-hybridized carbons (Fsp3) is 1.00. The molecule has 4 heterocycles. The van der Waals surface area contributed by atoms with Gasteiger partial charge in [-0.05, 0) is 0 Å². The summed E-state index contributed by atoms with van der Waals surface area (Å²) >= 11 is 0. The largest absolute Gasteiger partial charge is 0.394 e. The van der Waals surface area contributed by atoms with Gasteiger partial charge >= 0.3 is 0 Å². The maximum absolute atomic E-state index is 10.2. The molecule has 0 radical (unpaired) electrons. The minimum absolute atomic E-state index is 0.375. The second-order valence-electron chi connectivity index (χ2n) is 9.30. The van der Waals surface area contributed by atoms with Crippen LogP contribution in [0, 0.1) is 0 Å². The van der Waals surface area contributed by atoms with E-state index in [4.69, 9.17) is 38.3 Å². The third kappa shape index (κ3) is 6.08. The fourth-order valence-electron chi connectivity index (χ4n) is 4.42. The lowest BCUT2D eigenvalue weighted by molar-refractivity contribution is -0.223. The van der Waals surface area contributed by atoms with Crippen molar-refractivity contribution in [3.05, 3.63) is 0 Å². The van der Waals surface area contributed by atoms with Crippen molar-refractivity contribution in [1.29, 1.82) is 0 Å². The molecule has 0 aromatic carbocycles. The van der Waals surface area contributed by atoms with Gasteiger partial charge in [0.05, 0.1) is 26.4 Å². The van der Waals surface area contributed by atoms with E-state index in [1.807, 2.05) is 0 Å². The van der Waals surface area contributed by atoms with Gasteiger partial charge in [0, 0.05) is 0 Å². The molecular formula is C20H34O17. The quantitative estimate of drug-likeness (QED) is 0.122. The topological polar surface area (TPSA) is 267 Å². The maximum Gasteiger partial charge on any atom is 0.186 e. The summed E-state index contributed by atoms with van der Waals surface area (Å²) in [6.07, 6.45) is -21.9. The van der Waals surface area contributed by atoms with E-state index in [1.165, 1.54) is 0 Å². The second-order valence-corrected chi connectivity index (χ2v) is 9.30. The molecule has 0 spiro atoms. The third-order valence-electron chi connectivity index (χ3n) is 6.75. The van der Waals surface area contributed by atoms with Gasteiger partial charge in [-0.2, -0.15) is 0 Å². The minimum atomic E-state index is -1.60. The SMILES string of the molecule is OC[C@@H]1O[C@@H](OC[C@@H]2O[C@@H](OC[C@@H]3O[C@@H](OC[C@@H]4O[C@@H](O)[C@H](O)[C@H]4O)[C@H](O)[C@H]3O)[C@H](O)[C@H]2O)[C@H](O)[C@H]1O. The second kappa shape index (κ2) is 12.2. The van der Waals surface area contributed by atoms with Crippen LogP contribution in [0.5, 0.6) is 0 Å². The molecule has 4 saturated heterocycles. The van der Waals surface area contributed by atoms with Crippen molar-refractivity contribution in [3.8, 4) is 0 Å². The Morgan fingerprint density at radius 1 is 0.405 bits per heavy atom. The van der Waals surface area contributed by atoms with Crippen molar-refractivity contribution in [2.75, 3.05) is 26.4 Å². The highest BCUT2D eigenvalue weighted by Gasteiger charge is 2.49. The number of hydrogen-bond donors (Lipinski definition) is 10. The van der Waals surface area contributed by atoms with Crippen molar-refractivity contribution in [1.82, 2.24) is 0 Å². The summed E-state index contributed by atoms with van der Waals surface area (Å²) in [5, 5.41) is 98.4. The Labute approximate surface area is 209 Å². The Balaban J connectivity index is 1.21. The Kier molecular flexibility index (Phi) is 9.69. The number of hydrogen-bond acceptors (Lipinski definition) is 17. The average molecular weight is 546 g/mol. The molecule has 4 aliphatic heterocycles. The zero-order valence-corrected chi connectivity index (χ0v) is 19.4. The minimum Gasteiger partial charge on any atom is -0.394 e. The highest BCUT2D eigenvalue weighted by Crippen LogP contribution is 2.29. The summed E-state index contributed by atoms with van der Waals surface area (Å²) in [7, 11) is 0. The van der Waals surface area contributed by atoms with Gasteiger partial charge in [-0.25, -0.2) is 0 Å². The zero-order valence-electron chi connectivity index (χ0n) is 19.4. The van der Waals surface area contributed by atoms with Gasteiger partial charge in [0.15, 0.2) is 25.2 Å². The van der Waals surface area contributed by atoms with E-state index in [1.54, 1.807) is 0 Å². The fourth-order valence-corrected chi connectivity index (χ4v) is 4.42. The van der Waals surface area contributed by atoms with Gasteiger partial charge in [-0.3, -0.25) is 0 Å². The third-order valence-corrected chi connectivity index (χ3v) is 6.75. The van der Waals surface area contributed by atoms with Gasteiger partial charge < -0.3 is 84.2 Å². The van der Waals surface area contributed by atoms with Crippen LogP contribution in [0.2, 0.25) is 0 Å². The van der Waals surface area contributed by atoms with Gasteiger partial charge in [0.25, 0.3) is 0 Å². The first kappa shape index (κ1) is 29.3. The van der Waals surface area contributed by atoms with Crippen LogP contribution < -0.4 is 0 Å². The normalized spacial score (nSPS) is 52.4. The van der Waals surface area contributed by atoms with Crippen LogP contribution >= 0.6 is 0 Å². The molecule has 0 bridgehead atoms. The van der Waals surface area contributed by atoms with Crippen molar-refractivity contribution >= 4 is 0 Å². The number of aliphatic hydroxyl groups excluding tert-OH is 10. The molecule has 216 valence electrons. The molecule has 0 unspecified atom stereocenters. The standard InChI is InChI=1S/C20H34O17/c21-1-5-9(22)14(27)18(35-5)32-3-7-11(24)16(29)20(37-7)33-4-8-12(25)15(28)19(36-8)31-2-6-10(23)13(26)17(30)34-6/h5-30H,1-4H2/t5-,6-,7-,8-,9-,10-,11-,12-,13+,14+,15+,16+,17+,18+,19+,20+/m0/s1. The Morgan fingerprint density at radius 3 is 1.05 bits per heavy atom. The molecule has 0 amide bonds. The van der Waals surface area contributed by atoms with Crippen LogP contribution in [0.4, 0.5) is 0 Å². The van der Waals surface area contributed by atoms with Gasteiger partial charge in [0.1, 0.15) is 73.2 Å². The molecule has 4 aliphatic rings.